The predicted octanol–water partition coefficient (Wildman–Crippen LogP) is 2.97. The summed E-state index contributed by atoms with van der Waals surface area (Å²) < 4.78 is 6.21. The molecule has 1 unspecified atom stereocenters. The summed E-state index contributed by atoms with van der Waals surface area (Å²) in [6, 6.07) is 3.85. The predicted molar refractivity (Wildman–Crippen MR) is 114 cm³/mol. The summed E-state index contributed by atoms with van der Waals surface area (Å²) in [5.74, 6) is -1.16. The number of hydrogen-bond acceptors (Lipinski definition) is 7. The van der Waals surface area contributed by atoms with Crippen LogP contribution >= 0.6 is 39.1 Å². The molecule has 1 aliphatic heterocycles. The number of aliphatic carboxylic acids is 1. The number of carboxylic acids is 1. The highest BCUT2D eigenvalue weighted by atomic mass is 79.9. The van der Waals surface area contributed by atoms with Crippen molar-refractivity contribution in [1.29, 1.82) is 0 Å². The highest BCUT2D eigenvalue weighted by Gasteiger charge is 2.33. The first-order chi connectivity index (χ1) is 14.3. The van der Waals surface area contributed by atoms with E-state index in [0.717, 1.165) is 0 Å². The number of nitrogens with zero attached hydrogens (tertiary/aromatic N) is 4. The summed E-state index contributed by atoms with van der Waals surface area (Å²) >= 11 is 15.6. The van der Waals surface area contributed by atoms with Gasteiger partial charge in [0, 0.05) is 26.6 Å². The van der Waals surface area contributed by atoms with Gasteiger partial charge in [-0.25, -0.2) is 14.5 Å². The molecule has 3 rings (SSSR count). The molecule has 0 aliphatic carbocycles. The fraction of sp³-hybridized carbons (Fsp3) is 0.278. The highest BCUT2D eigenvalue weighted by Crippen LogP contribution is 2.36. The minimum Gasteiger partial charge on any atom is -0.478 e. The SMILES string of the molecule is CCOC(=O)Cn1cnc(C2=NC(c3ccc(Cl)cc3Cl)C(C(=O)O)=C(CBr)N2)n1. The first kappa shape index (κ1) is 22.3. The fourth-order valence-electron chi connectivity index (χ4n) is 2.83. The van der Waals surface area contributed by atoms with Gasteiger partial charge in [-0.3, -0.25) is 9.79 Å². The molecule has 30 heavy (non-hydrogen) atoms. The van der Waals surface area contributed by atoms with Gasteiger partial charge in [0.05, 0.1) is 12.2 Å². The summed E-state index contributed by atoms with van der Waals surface area (Å²) in [4.78, 5) is 32.3. The molecule has 2 aromatic rings. The number of ether oxygens (including phenoxy) is 1. The van der Waals surface area contributed by atoms with Crippen molar-refractivity contribution in [3.63, 3.8) is 0 Å². The molecule has 0 fully saturated rings. The van der Waals surface area contributed by atoms with Crippen molar-refractivity contribution in [1.82, 2.24) is 20.1 Å². The molecule has 0 spiro atoms. The number of allylic oxidation sites excluding steroid dienone is 1. The lowest BCUT2D eigenvalue weighted by Crippen LogP contribution is -2.35. The van der Waals surface area contributed by atoms with Crippen molar-refractivity contribution in [3.05, 3.63) is 57.2 Å². The Bertz CT molecular complexity index is 1050. The molecule has 1 atom stereocenters. The zero-order valence-corrected chi connectivity index (χ0v) is 18.7. The van der Waals surface area contributed by atoms with Crippen LogP contribution in [0.3, 0.4) is 0 Å². The number of hydrogen-bond donors (Lipinski definition) is 2. The van der Waals surface area contributed by atoms with Gasteiger partial charge in [-0.15, -0.1) is 5.10 Å². The van der Waals surface area contributed by atoms with Crippen LogP contribution in [0.4, 0.5) is 0 Å². The minimum absolute atomic E-state index is 0.0332. The highest BCUT2D eigenvalue weighted by molar-refractivity contribution is 9.09. The molecule has 0 amide bonds. The zero-order valence-electron chi connectivity index (χ0n) is 15.6. The van der Waals surface area contributed by atoms with Gasteiger partial charge in [0.15, 0.2) is 5.84 Å². The van der Waals surface area contributed by atoms with E-state index < -0.39 is 18.0 Å². The smallest absolute Gasteiger partial charge is 0.335 e. The van der Waals surface area contributed by atoms with Crippen LogP contribution in [0.1, 0.15) is 24.4 Å². The fourth-order valence-corrected chi connectivity index (χ4v) is 3.79. The number of carbonyl (C=O) groups excluding carboxylic acids is 1. The first-order valence-corrected chi connectivity index (χ1v) is 10.6. The summed E-state index contributed by atoms with van der Waals surface area (Å²) in [5.41, 5.74) is 0.887. The van der Waals surface area contributed by atoms with Crippen LogP contribution in [-0.4, -0.2) is 49.6 Å². The number of esters is 1. The van der Waals surface area contributed by atoms with Crippen molar-refractivity contribution in [2.24, 2.45) is 4.99 Å². The van der Waals surface area contributed by atoms with Crippen LogP contribution in [0.5, 0.6) is 0 Å². The average Bonchev–Trinajstić information content (AvgIpc) is 3.15. The number of amidine groups is 1. The van der Waals surface area contributed by atoms with E-state index in [1.54, 1.807) is 19.1 Å². The van der Waals surface area contributed by atoms with E-state index in [0.29, 0.717) is 16.3 Å². The Hall–Kier alpha value is -2.43. The van der Waals surface area contributed by atoms with E-state index in [-0.39, 0.29) is 40.7 Å². The number of aliphatic imine (C=N–C) groups is 1. The number of nitrogens with one attached hydrogen (secondary N) is 1. The maximum absolute atomic E-state index is 12.0. The largest absolute Gasteiger partial charge is 0.478 e. The van der Waals surface area contributed by atoms with Crippen LogP contribution in [0.15, 0.2) is 40.8 Å². The van der Waals surface area contributed by atoms with Crippen molar-refractivity contribution >= 4 is 56.9 Å². The number of halogens is 3. The van der Waals surface area contributed by atoms with Gasteiger partial charge in [0.1, 0.15) is 18.9 Å². The molecule has 9 nitrogen and oxygen atoms in total. The van der Waals surface area contributed by atoms with Gasteiger partial charge in [0.25, 0.3) is 0 Å². The third-order valence-electron chi connectivity index (χ3n) is 4.09. The third-order valence-corrected chi connectivity index (χ3v) is 5.22. The Morgan fingerprint density at radius 2 is 2.13 bits per heavy atom. The Morgan fingerprint density at radius 3 is 2.77 bits per heavy atom. The molecule has 0 saturated heterocycles. The minimum atomic E-state index is -1.14. The summed E-state index contributed by atoms with van der Waals surface area (Å²) in [6.45, 7) is 1.86. The normalized spacial score (nSPS) is 16.1. The average molecular weight is 517 g/mol. The second-order valence-electron chi connectivity index (χ2n) is 6.07. The molecule has 2 heterocycles. The van der Waals surface area contributed by atoms with Crippen molar-refractivity contribution in [3.8, 4) is 0 Å². The van der Waals surface area contributed by atoms with Crippen molar-refractivity contribution in [2.45, 2.75) is 19.5 Å². The van der Waals surface area contributed by atoms with E-state index in [1.165, 1.54) is 17.1 Å². The number of rotatable bonds is 7. The molecule has 0 saturated carbocycles. The molecule has 1 aromatic heterocycles. The molecule has 0 bridgehead atoms. The maximum Gasteiger partial charge on any atom is 0.335 e. The van der Waals surface area contributed by atoms with Gasteiger partial charge in [-0.05, 0) is 19.1 Å². The molecule has 2 N–H and O–H groups in total. The summed E-state index contributed by atoms with van der Waals surface area (Å²) in [7, 11) is 0. The molecule has 12 heteroatoms. The lowest BCUT2D eigenvalue weighted by Gasteiger charge is -2.25. The van der Waals surface area contributed by atoms with E-state index in [4.69, 9.17) is 27.9 Å². The summed E-state index contributed by atoms with van der Waals surface area (Å²) in [6.07, 6.45) is 1.37. The first-order valence-electron chi connectivity index (χ1n) is 8.71. The molecule has 158 valence electrons. The van der Waals surface area contributed by atoms with Crippen LogP contribution in [0, 0.1) is 0 Å². The van der Waals surface area contributed by atoms with Gasteiger partial charge >= 0.3 is 11.9 Å². The molecular formula is C18H16BrCl2N5O4. The third kappa shape index (κ3) is 4.82. The Morgan fingerprint density at radius 1 is 1.37 bits per heavy atom. The van der Waals surface area contributed by atoms with Crippen molar-refractivity contribution in [2.75, 3.05) is 11.9 Å². The second-order valence-corrected chi connectivity index (χ2v) is 7.48. The van der Waals surface area contributed by atoms with Crippen LogP contribution in [0.25, 0.3) is 0 Å². The monoisotopic (exact) mass is 515 g/mol. The lowest BCUT2D eigenvalue weighted by molar-refractivity contribution is -0.144. The van der Waals surface area contributed by atoms with E-state index >= 15 is 0 Å². The topological polar surface area (TPSA) is 119 Å². The van der Waals surface area contributed by atoms with E-state index in [1.807, 2.05) is 0 Å². The van der Waals surface area contributed by atoms with Gasteiger partial charge < -0.3 is 15.2 Å². The molecule has 1 aromatic carbocycles. The van der Waals surface area contributed by atoms with E-state index in [2.05, 4.69) is 36.3 Å². The maximum atomic E-state index is 12.0. The Kier molecular flexibility index (Phi) is 7.11. The standard InChI is InChI=1S/C18H16BrCl2N5O4/c1-2-30-13(27)7-26-8-22-16(25-26)17-23-12(6-19)14(18(28)29)15(24-17)10-4-3-9(20)5-11(10)21/h3-5,8,15H,2,6-7H2,1H3,(H,23,24)(H,28,29). The quantitative estimate of drug-likeness (QED) is 0.429. The number of carbonyl (C=O) groups is 2. The molecule has 1 aliphatic rings. The number of alkyl halides is 1. The van der Waals surface area contributed by atoms with Gasteiger partial charge in [-0.2, -0.15) is 0 Å². The number of benzene rings is 1. The molecule has 0 radical (unpaired) electrons. The van der Waals surface area contributed by atoms with Gasteiger partial charge in [0.2, 0.25) is 5.82 Å². The van der Waals surface area contributed by atoms with E-state index in [9.17, 15) is 14.7 Å². The number of carboxylic acid groups (broad SMARTS) is 1. The lowest BCUT2D eigenvalue weighted by atomic mass is 9.96. The number of aromatic nitrogens is 3. The van der Waals surface area contributed by atoms with Crippen LogP contribution in [-0.2, 0) is 20.9 Å². The van der Waals surface area contributed by atoms with Crippen molar-refractivity contribution < 1.29 is 19.4 Å². The summed E-state index contributed by atoms with van der Waals surface area (Å²) in [5, 5.41) is 17.9. The Labute approximate surface area is 189 Å². The Balaban J connectivity index is 2.01. The van der Waals surface area contributed by atoms with Crippen LogP contribution in [0.2, 0.25) is 10.0 Å². The zero-order chi connectivity index (χ0) is 21.8. The molecular weight excluding hydrogens is 501 g/mol. The second kappa shape index (κ2) is 9.59. The van der Waals surface area contributed by atoms with Crippen LogP contribution < -0.4 is 5.32 Å². The van der Waals surface area contributed by atoms with Gasteiger partial charge in [-0.1, -0.05) is 45.2 Å².